The van der Waals surface area contributed by atoms with E-state index in [-0.39, 0.29) is 17.7 Å². The fraction of sp³-hybridized carbons (Fsp3) is 0.562. The molecule has 1 aromatic carbocycles. The number of nitrogens with zero attached hydrogens (tertiary/aromatic N) is 1. The van der Waals surface area contributed by atoms with Gasteiger partial charge in [-0.3, -0.25) is 9.69 Å². The fourth-order valence-electron chi connectivity index (χ4n) is 2.77. The number of benzene rings is 1. The number of piperidine rings is 1. The van der Waals surface area contributed by atoms with Gasteiger partial charge in [0.15, 0.2) is 0 Å². The van der Waals surface area contributed by atoms with Gasteiger partial charge in [0.05, 0.1) is 12.5 Å². The van der Waals surface area contributed by atoms with Crippen molar-refractivity contribution < 1.29 is 13.9 Å². The number of esters is 1. The average Bonchev–Trinajstić information content (AvgIpc) is 2.48. The summed E-state index contributed by atoms with van der Waals surface area (Å²) in [5.74, 6) is -0.322. The second kappa shape index (κ2) is 7.52. The molecular weight excluding hydrogens is 271 g/mol. The van der Waals surface area contributed by atoms with E-state index in [1.54, 1.807) is 12.1 Å². The molecule has 0 atom stereocenters. The van der Waals surface area contributed by atoms with E-state index in [0.29, 0.717) is 19.7 Å². The summed E-state index contributed by atoms with van der Waals surface area (Å²) in [6.07, 6.45) is 1.60. The maximum absolute atomic E-state index is 13.4. The Morgan fingerprint density at radius 2 is 2.10 bits per heavy atom. The van der Waals surface area contributed by atoms with Crippen LogP contribution in [0.1, 0.15) is 30.9 Å². The van der Waals surface area contributed by atoms with Crippen LogP contribution in [-0.4, -0.2) is 30.6 Å². The standard InChI is InChI=1S/C16H23FN2O2/c1-2-21-16(20)12-5-7-19(8-6-12)11-14-9-15(17)4-3-13(14)10-18/h3-4,9,12H,2,5-8,10-11,18H2,1H3. The van der Waals surface area contributed by atoms with Gasteiger partial charge < -0.3 is 10.5 Å². The lowest BCUT2D eigenvalue weighted by Crippen LogP contribution is -2.36. The summed E-state index contributed by atoms with van der Waals surface area (Å²) in [5.41, 5.74) is 7.61. The third-order valence-corrected chi connectivity index (χ3v) is 3.99. The monoisotopic (exact) mass is 294 g/mol. The molecule has 0 aromatic heterocycles. The van der Waals surface area contributed by atoms with Crippen molar-refractivity contribution in [1.82, 2.24) is 4.90 Å². The molecule has 1 fully saturated rings. The van der Waals surface area contributed by atoms with Crippen LogP contribution in [0.3, 0.4) is 0 Å². The van der Waals surface area contributed by atoms with Crippen molar-refractivity contribution in [3.8, 4) is 0 Å². The number of ether oxygens (including phenoxy) is 1. The Morgan fingerprint density at radius 1 is 1.38 bits per heavy atom. The quantitative estimate of drug-likeness (QED) is 0.845. The molecule has 4 nitrogen and oxygen atoms in total. The SMILES string of the molecule is CCOC(=O)C1CCN(Cc2cc(F)ccc2CN)CC1. The Kier molecular flexibility index (Phi) is 5.70. The van der Waals surface area contributed by atoms with Crippen molar-refractivity contribution >= 4 is 5.97 Å². The van der Waals surface area contributed by atoms with Gasteiger partial charge in [-0.2, -0.15) is 0 Å². The lowest BCUT2D eigenvalue weighted by molar-refractivity contribution is -0.149. The largest absolute Gasteiger partial charge is 0.466 e. The van der Waals surface area contributed by atoms with Crippen LogP contribution in [0.15, 0.2) is 18.2 Å². The van der Waals surface area contributed by atoms with Crippen LogP contribution >= 0.6 is 0 Å². The third kappa shape index (κ3) is 4.25. The van der Waals surface area contributed by atoms with Gasteiger partial charge in [-0.25, -0.2) is 4.39 Å². The van der Waals surface area contributed by atoms with Crippen LogP contribution in [0.25, 0.3) is 0 Å². The molecule has 116 valence electrons. The third-order valence-electron chi connectivity index (χ3n) is 3.99. The van der Waals surface area contributed by atoms with Crippen LogP contribution in [0, 0.1) is 11.7 Å². The van der Waals surface area contributed by atoms with E-state index in [0.717, 1.165) is 37.1 Å². The Balaban J connectivity index is 1.92. The summed E-state index contributed by atoms with van der Waals surface area (Å²) >= 11 is 0. The summed E-state index contributed by atoms with van der Waals surface area (Å²) in [5, 5.41) is 0. The molecule has 1 aliphatic heterocycles. The first-order valence-electron chi connectivity index (χ1n) is 7.50. The van der Waals surface area contributed by atoms with Gasteiger partial charge in [0.25, 0.3) is 0 Å². The molecule has 0 amide bonds. The number of hydrogen-bond acceptors (Lipinski definition) is 4. The first kappa shape index (κ1) is 15.9. The molecule has 0 radical (unpaired) electrons. The van der Waals surface area contributed by atoms with Gasteiger partial charge in [-0.05, 0) is 56.1 Å². The van der Waals surface area contributed by atoms with Gasteiger partial charge in [0, 0.05) is 13.1 Å². The number of rotatable bonds is 5. The van der Waals surface area contributed by atoms with Gasteiger partial charge in [-0.15, -0.1) is 0 Å². The number of hydrogen-bond donors (Lipinski definition) is 1. The molecule has 0 spiro atoms. The van der Waals surface area contributed by atoms with Crippen LogP contribution in [-0.2, 0) is 22.6 Å². The highest BCUT2D eigenvalue weighted by Crippen LogP contribution is 2.21. The predicted molar refractivity (Wildman–Crippen MR) is 78.9 cm³/mol. The van der Waals surface area contributed by atoms with Gasteiger partial charge in [0.2, 0.25) is 0 Å². The van der Waals surface area contributed by atoms with Crippen molar-refractivity contribution in [2.45, 2.75) is 32.9 Å². The number of likely N-dealkylation sites (tertiary alicyclic amines) is 1. The highest BCUT2D eigenvalue weighted by atomic mass is 19.1. The molecule has 21 heavy (non-hydrogen) atoms. The summed E-state index contributed by atoms with van der Waals surface area (Å²) in [7, 11) is 0. The molecule has 1 heterocycles. The minimum absolute atomic E-state index is 0.00249. The van der Waals surface area contributed by atoms with Crippen molar-refractivity contribution in [1.29, 1.82) is 0 Å². The molecule has 1 aliphatic rings. The maximum atomic E-state index is 13.4. The van der Waals surface area contributed by atoms with Crippen molar-refractivity contribution in [2.24, 2.45) is 11.7 Å². The number of carbonyl (C=O) groups excluding carboxylic acids is 1. The van der Waals surface area contributed by atoms with Crippen molar-refractivity contribution in [3.63, 3.8) is 0 Å². The Hall–Kier alpha value is -1.46. The summed E-state index contributed by atoms with van der Waals surface area (Å²) in [4.78, 5) is 13.9. The van der Waals surface area contributed by atoms with E-state index >= 15 is 0 Å². The lowest BCUT2D eigenvalue weighted by Gasteiger charge is -2.31. The van der Waals surface area contributed by atoms with E-state index < -0.39 is 0 Å². The fourth-order valence-corrected chi connectivity index (χ4v) is 2.77. The summed E-state index contributed by atoms with van der Waals surface area (Å²) in [6, 6.07) is 4.74. The van der Waals surface area contributed by atoms with Crippen LogP contribution in [0.2, 0.25) is 0 Å². The zero-order valence-corrected chi connectivity index (χ0v) is 12.5. The highest BCUT2D eigenvalue weighted by molar-refractivity contribution is 5.72. The number of halogens is 1. The highest BCUT2D eigenvalue weighted by Gasteiger charge is 2.26. The molecule has 1 saturated heterocycles. The van der Waals surface area contributed by atoms with Crippen molar-refractivity contribution in [2.75, 3.05) is 19.7 Å². The smallest absolute Gasteiger partial charge is 0.309 e. The molecule has 0 unspecified atom stereocenters. The van der Waals surface area contributed by atoms with E-state index in [4.69, 9.17) is 10.5 Å². The minimum Gasteiger partial charge on any atom is -0.466 e. The van der Waals surface area contributed by atoms with Gasteiger partial charge in [0.1, 0.15) is 5.82 Å². The van der Waals surface area contributed by atoms with Gasteiger partial charge >= 0.3 is 5.97 Å². The molecule has 0 saturated carbocycles. The molecular formula is C16H23FN2O2. The zero-order chi connectivity index (χ0) is 15.2. The Bertz CT molecular complexity index is 485. The second-order valence-corrected chi connectivity index (χ2v) is 5.42. The molecule has 0 bridgehead atoms. The second-order valence-electron chi connectivity index (χ2n) is 5.42. The predicted octanol–water partition coefficient (Wildman–Crippen LogP) is 2.06. The molecule has 0 aliphatic carbocycles. The molecule has 1 aromatic rings. The first-order chi connectivity index (χ1) is 10.1. The summed E-state index contributed by atoms with van der Waals surface area (Å²) < 4.78 is 18.4. The van der Waals surface area contributed by atoms with Crippen LogP contribution in [0.4, 0.5) is 4.39 Å². The number of nitrogens with two attached hydrogens (primary N) is 1. The van der Waals surface area contributed by atoms with Crippen LogP contribution < -0.4 is 5.73 Å². The average molecular weight is 294 g/mol. The Morgan fingerprint density at radius 3 is 2.71 bits per heavy atom. The van der Waals surface area contributed by atoms with Crippen molar-refractivity contribution in [3.05, 3.63) is 35.1 Å². The van der Waals surface area contributed by atoms with E-state index in [1.165, 1.54) is 6.07 Å². The van der Waals surface area contributed by atoms with E-state index in [1.807, 2.05) is 6.92 Å². The molecule has 2 rings (SSSR count). The minimum atomic E-state index is -0.233. The number of carbonyl (C=O) groups is 1. The molecule has 2 N–H and O–H groups in total. The van der Waals surface area contributed by atoms with Crippen LogP contribution in [0.5, 0.6) is 0 Å². The zero-order valence-electron chi connectivity index (χ0n) is 12.5. The maximum Gasteiger partial charge on any atom is 0.309 e. The van der Waals surface area contributed by atoms with Gasteiger partial charge in [-0.1, -0.05) is 6.07 Å². The Labute approximate surface area is 125 Å². The topological polar surface area (TPSA) is 55.6 Å². The first-order valence-corrected chi connectivity index (χ1v) is 7.50. The molecule has 5 heteroatoms. The summed E-state index contributed by atoms with van der Waals surface area (Å²) in [6.45, 7) is 5.00. The van der Waals surface area contributed by atoms with E-state index in [2.05, 4.69) is 4.90 Å². The normalized spacial score (nSPS) is 16.9. The van der Waals surface area contributed by atoms with E-state index in [9.17, 15) is 9.18 Å². The lowest BCUT2D eigenvalue weighted by atomic mass is 9.96.